The first-order valence-electron chi connectivity index (χ1n) is 8.25. The van der Waals surface area contributed by atoms with Crippen molar-refractivity contribution in [2.75, 3.05) is 23.7 Å². The first-order chi connectivity index (χ1) is 12.3. The molecule has 142 valence electrons. The molecule has 0 atom stereocenters. The van der Waals surface area contributed by atoms with Gasteiger partial charge < -0.3 is 4.90 Å². The number of halogens is 1. The summed E-state index contributed by atoms with van der Waals surface area (Å²) in [5, 5.41) is 0.654. The molecule has 1 aromatic heterocycles. The van der Waals surface area contributed by atoms with Crippen molar-refractivity contribution in [2.24, 2.45) is 0 Å². The average Bonchev–Trinajstić information content (AvgIpc) is 3.25. The number of sulfone groups is 2. The molecule has 3 rings (SSSR count). The van der Waals surface area contributed by atoms with Crippen molar-refractivity contribution in [3.63, 3.8) is 0 Å². The van der Waals surface area contributed by atoms with Gasteiger partial charge in [-0.25, -0.2) is 21.8 Å². The maximum Gasteiger partial charge on any atom is 0.226 e. The summed E-state index contributed by atoms with van der Waals surface area (Å²) in [6, 6.07) is 5.80. The lowest BCUT2D eigenvalue weighted by Crippen LogP contribution is -2.19. The van der Waals surface area contributed by atoms with Crippen LogP contribution in [0.4, 0.5) is 5.00 Å². The normalized spacial score (nSPS) is 15.5. The molecule has 0 saturated carbocycles. The van der Waals surface area contributed by atoms with Crippen LogP contribution in [-0.2, 0) is 19.7 Å². The number of rotatable bonds is 6. The minimum Gasteiger partial charge on any atom is -0.361 e. The van der Waals surface area contributed by atoms with Crippen LogP contribution in [0.5, 0.6) is 0 Å². The van der Waals surface area contributed by atoms with Gasteiger partial charge in [0.2, 0.25) is 24.0 Å². The van der Waals surface area contributed by atoms with Crippen LogP contribution in [0, 0.1) is 0 Å². The van der Waals surface area contributed by atoms with Gasteiger partial charge in [0.05, 0.1) is 10.6 Å². The Balaban J connectivity index is 2.15. The molecular weight excluding hydrogens is 416 g/mol. The molecule has 1 aromatic carbocycles. The number of aromatic nitrogens is 1. The Hall–Kier alpha value is -1.16. The van der Waals surface area contributed by atoms with E-state index in [1.807, 2.05) is 4.90 Å². The van der Waals surface area contributed by atoms with E-state index in [9.17, 15) is 16.8 Å². The Bertz CT molecular complexity index is 993. The van der Waals surface area contributed by atoms with Crippen molar-refractivity contribution in [2.45, 2.75) is 40.4 Å². The van der Waals surface area contributed by atoms with Gasteiger partial charge in [0.25, 0.3) is 0 Å². The zero-order chi connectivity index (χ0) is 18.9. The summed E-state index contributed by atoms with van der Waals surface area (Å²) in [6.07, 6.45) is 2.32. The van der Waals surface area contributed by atoms with Crippen molar-refractivity contribution >= 4 is 47.6 Å². The van der Waals surface area contributed by atoms with Crippen molar-refractivity contribution in [3.8, 4) is 0 Å². The minimum atomic E-state index is -3.94. The number of nitrogens with zero attached hydrogens (tertiary/aromatic N) is 2. The molecule has 0 radical (unpaired) electrons. The lowest BCUT2D eigenvalue weighted by atomic mass is 10.4. The summed E-state index contributed by atoms with van der Waals surface area (Å²) in [5.41, 5.74) is 0. The topological polar surface area (TPSA) is 84.4 Å². The summed E-state index contributed by atoms with van der Waals surface area (Å²) in [5.74, 6) is -0.0552. The Labute approximate surface area is 162 Å². The van der Waals surface area contributed by atoms with E-state index in [-0.39, 0.29) is 20.0 Å². The van der Waals surface area contributed by atoms with Crippen molar-refractivity contribution in [3.05, 3.63) is 29.3 Å². The van der Waals surface area contributed by atoms with E-state index < -0.39 is 19.7 Å². The van der Waals surface area contributed by atoms with Gasteiger partial charge in [-0.15, -0.1) is 0 Å². The van der Waals surface area contributed by atoms with Gasteiger partial charge in [0.1, 0.15) is 5.00 Å². The van der Waals surface area contributed by atoms with Gasteiger partial charge in [-0.05, 0) is 43.5 Å². The smallest absolute Gasteiger partial charge is 0.226 e. The Morgan fingerprint density at radius 2 is 1.73 bits per heavy atom. The number of benzene rings is 1. The lowest BCUT2D eigenvalue weighted by molar-refractivity contribution is 0.588. The van der Waals surface area contributed by atoms with Gasteiger partial charge in [-0.1, -0.05) is 29.9 Å². The highest BCUT2D eigenvalue weighted by molar-refractivity contribution is 7.94. The fourth-order valence-electron chi connectivity index (χ4n) is 2.79. The molecule has 0 amide bonds. The molecule has 6 nitrogen and oxygen atoms in total. The monoisotopic (exact) mass is 434 g/mol. The third-order valence-corrected chi connectivity index (χ3v) is 9.63. The van der Waals surface area contributed by atoms with E-state index in [2.05, 4.69) is 4.98 Å². The highest BCUT2D eigenvalue weighted by Crippen LogP contribution is 2.39. The van der Waals surface area contributed by atoms with Crippen LogP contribution < -0.4 is 4.90 Å². The van der Waals surface area contributed by atoms with Gasteiger partial charge >= 0.3 is 0 Å². The third-order valence-electron chi connectivity index (χ3n) is 4.07. The first kappa shape index (κ1) is 19.6. The number of hydrogen-bond acceptors (Lipinski definition) is 7. The van der Waals surface area contributed by atoms with Crippen LogP contribution in [0.25, 0.3) is 0 Å². The highest BCUT2D eigenvalue weighted by Gasteiger charge is 2.33. The third kappa shape index (κ3) is 3.76. The molecule has 0 spiro atoms. The molecule has 2 heterocycles. The molecule has 0 bridgehead atoms. The quantitative estimate of drug-likeness (QED) is 0.692. The average molecular weight is 435 g/mol. The van der Waals surface area contributed by atoms with E-state index >= 15 is 0 Å². The van der Waals surface area contributed by atoms with Crippen molar-refractivity contribution in [1.82, 2.24) is 4.98 Å². The van der Waals surface area contributed by atoms with E-state index in [4.69, 9.17) is 11.6 Å². The van der Waals surface area contributed by atoms with E-state index in [1.165, 1.54) is 24.3 Å². The van der Waals surface area contributed by atoms with Crippen molar-refractivity contribution < 1.29 is 16.8 Å². The molecule has 0 N–H and O–H groups in total. The van der Waals surface area contributed by atoms with Crippen LogP contribution in [0.1, 0.15) is 26.2 Å². The summed E-state index contributed by atoms with van der Waals surface area (Å²) < 4.78 is 50.9. The maximum atomic E-state index is 13.1. The van der Waals surface area contributed by atoms with E-state index in [0.29, 0.717) is 29.5 Å². The van der Waals surface area contributed by atoms with Gasteiger partial charge in [-0.3, -0.25) is 0 Å². The first-order valence-corrected chi connectivity index (χ1v) is 12.6. The van der Waals surface area contributed by atoms with Crippen LogP contribution >= 0.6 is 22.9 Å². The molecule has 1 fully saturated rings. The second kappa shape index (κ2) is 7.46. The van der Waals surface area contributed by atoms with E-state index in [1.54, 1.807) is 6.92 Å². The lowest BCUT2D eigenvalue weighted by Gasteiger charge is -2.16. The molecule has 0 unspecified atom stereocenters. The van der Waals surface area contributed by atoms with Crippen LogP contribution in [0.3, 0.4) is 0 Å². The number of thiazole rings is 1. The zero-order valence-electron chi connectivity index (χ0n) is 14.2. The molecule has 26 heavy (non-hydrogen) atoms. The van der Waals surface area contributed by atoms with Gasteiger partial charge in [-0.2, -0.15) is 0 Å². The Kier molecular flexibility index (Phi) is 5.62. The second-order valence-electron chi connectivity index (χ2n) is 6.06. The molecular formula is C16H19ClN2O4S3. The summed E-state index contributed by atoms with van der Waals surface area (Å²) in [4.78, 5) is 6.04. The highest BCUT2D eigenvalue weighted by atomic mass is 35.5. The van der Waals surface area contributed by atoms with Gasteiger partial charge in [0, 0.05) is 18.1 Å². The molecule has 10 heteroatoms. The van der Waals surface area contributed by atoms with E-state index in [0.717, 1.165) is 24.2 Å². The van der Waals surface area contributed by atoms with Crippen LogP contribution in [-0.4, -0.2) is 40.7 Å². The van der Waals surface area contributed by atoms with Crippen LogP contribution in [0.15, 0.2) is 38.5 Å². The summed E-state index contributed by atoms with van der Waals surface area (Å²) >= 11 is 6.80. The molecule has 0 aliphatic carbocycles. The van der Waals surface area contributed by atoms with Crippen molar-refractivity contribution in [1.29, 1.82) is 0 Å². The van der Waals surface area contributed by atoms with Crippen LogP contribution in [0.2, 0.25) is 5.02 Å². The largest absolute Gasteiger partial charge is 0.361 e. The van der Waals surface area contributed by atoms with Gasteiger partial charge in [0.15, 0.2) is 5.03 Å². The number of hydrogen-bond donors (Lipinski definition) is 0. The zero-order valence-corrected chi connectivity index (χ0v) is 17.4. The SMILES string of the molecule is CCCS(=O)(=O)c1nc(S(=O)(=O)c2ccc(Cl)cc2)c(N2CCCC2)s1. The fourth-order valence-corrected chi connectivity index (χ4v) is 7.46. The molecule has 1 saturated heterocycles. The summed E-state index contributed by atoms with van der Waals surface area (Å²) in [7, 11) is -7.54. The second-order valence-corrected chi connectivity index (χ2v) is 11.6. The predicted molar refractivity (Wildman–Crippen MR) is 103 cm³/mol. The molecule has 1 aliphatic rings. The molecule has 2 aromatic rings. The Morgan fingerprint density at radius 1 is 1.12 bits per heavy atom. The molecule has 1 aliphatic heterocycles. The standard InChI is InChI=1S/C16H19ClN2O4S3/c1-2-11-25(20,21)16-18-14(15(24-16)19-9-3-4-10-19)26(22,23)13-7-5-12(17)6-8-13/h5-8H,2-4,9-11H2,1H3. The Morgan fingerprint density at radius 3 is 2.31 bits per heavy atom. The summed E-state index contributed by atoms with van der Waals surface area (Å²) in [6.45, 7) is 3.15. The number of anilines is 1. The maximum absolute atomic E-state index is 13.1. The minimum absolute atomic E-state index is 0.0482. The fraction of sp³-hybridized carbons (Fsp3) is 0.438. The predicted octanol–water partition coefficient (Wildman–Crippen LogP) is 3.41.